The van der Waals surface area contributed by atoms with Crippen molar-refractivity contribution in [2.24, 2.45) is 0 Å². The van der Waals surface area contributed by atoms with Crippen molar-refractivity contribution in [3.8, 4) is 67.0 Å². The van der Waals surface area contributed by atoms with Gasteiger partial charge in [-0.15, -0.1) is 0 Å². The lowest BCUT2D eigenvalue weighted by molar-refractivity contribution is 1.26. The van der Waals surface area contributed by atoms with Crippen molar-refractivity contribution >= 4 is 34.1 Å². The summed E-state index contributed by atoms with van der Waals surface area (Å²) in [6.45, 7) is 0. The van der Waals surface area contributed by atoms with Crippen LogP contribution in [0.15, 0.2) is 279 Å². The quantitative estimate of drug-likeness (QED) is 0.122. The highest BCUT2D eigenvalue weighted by Crippen LogP contribution is 2.44. The standard InChI is InChI=1S/C64H46N4/c1-4-16-47(17-5-1)50-26-35-55(36-27-50)67(63-25-11-10-22-59(63)61-23-12-14-44-65-61)56-39-30-52(31-40-56)53-32-41-58(42-33-53)68(57-37-28-51(29-38-57)48-18-6-2-7-19-48)64-43-34-54(49-20-8-3-9-21-49)46-60(64)62-24-13-15-45-66-62/h1-46H. The van der Waals surface area contributed by atoms with Gasteiger partial charge in [0.2, 0.25) is 0 Å². The van der Waals surface area contributed by atoms with E-state index < -0.39 is 0 Å². The third kappa shape index (κ3) is 8.70. The van der Waals surface area contributed by atoms with Gasteiger partial charge in [0.15, 0.2) is 0 Å². The first kappa shape index (κ1) is 41.6. The Bertz CT molecular complexity index is 3380. The maximum absolute atomic E-state index is 4.88. The molecule has 0 fully saturated rings. The van der Waals surface area contributed by atoms with E-state index in [2.05, 4.69) is 259 Å². The van der Waals surface area contributed by atoms with Crippen LogP contribution in [0.3, 0.4) is 0 Å². The lowest BCUT2D eigenvalue weighted by atomic mass is 9.98. The summed E-state index contributed by atoms with van der Waals surface area (Å²) in [7, 11) is 0. The Kier molecular flexibility index (Phi) is 11.7. The summed E-state index contributed by atoms with van der Waals surface area (Å²) in [5.74, 6) is 0. The number of nitrogens with zero attached hydrogens (tertiary/aromatic N) is 4. The van der Waals surface area contributed by atoms with Gasteiger partial charge in [-0.1, -0.05) is 176 Å². The molecule has 0 saturated carbocycles. The number of pyridine rings is 2. The summed E-state index contributed by atoms with van der Waals surface area (Å²) < 4.78 is 0. The van der Waals surface area contributed by atoms with E-state index in [1.54, 1.807) is 0 Å². The lowest BCUT2D eigenvalue weighted by Gasteiger charge is -2.29. The smallest absolute Gasteiger partial charge is 0.0723 e. The number of benzene rings is 9. The van der Waals surface area contributed by atoms with Crippen LogP contribution in [0.5, 0.6) is 0 Å². The van der Waals surface area contributed by atoms with Crippen molar-refractivity contribution in [2.45, 2.75) is 0 Å². The van der Waals surface area contributed by atoms with Crippen molar-refractivity contribution in [2.75, 3.05) is 9.80 Å². The third-order valence-electron chi connectivity index (χ3n) is 12.4. The van der Waals surface area contributed by atoms with E-state index in [4.69, 9.17) is 9.97 Å². The first-order valence-electron chi connectivity index (χ1n) is 23.0. The van der Waals surface area contributed by atoms with E-state index in [9.17, 15) is 0 Å². The van der Waals surface area contributed by atoms with Crippen molar-refractivity contribution in [3.63, 3.8) is 0 Å². The number of aromatic nitrogens is 2. The average Bonchev–Trinajstić information content (AvgIpc) is 3.43. The Morgan fingerprint density at radius 3 is 0.926 bits per heavy atom. The van der Waals surface area contributed by atoms with Crippen LogP contribution < -0.4 is 9.80 Å². The molecule has 0 spiro atoms. The molecule has 4 nitrogen and oxygen atoms in total. The van der Waals surface area contributed by atoms with Crippen LogP contribution in [0.2, 0.25) is 0 Å². The molecule has 68 heavy (non-hydrogen) atoms. The minimum atomic E-state index is 0.909. The molecule has 0 radical (unpaired) electrons. The predicted octanol–water partition coefficient (Wildman–Crippen LogP) is 17.4. The van der Waals surface area contributed by atoms with Gasteiger partial charge in [0.25, 0.3) is 0 Å². The Balaban J connectivity index is 0.973. The highest BCUT2D eigenvalue weighted by molar-refractivity contribution is 5.91. The van der Waals surface area contributed by atoms with Crippen LogP contribution >= 0.6 is 0 Å². The molecule has 0 unspecified atom stereocenters. The summed E-state index contributed by atoms with van der Waals surface area (Å²) >= 11 is 0. The van der Waals surface area contributed by atoms with Crippen LogP contribution in [0.25, 0.3) is 67.0 Å². The first-order chi connectivity index (χ1) is 33.7. The maximum Gasteiger partial charge on any atom is 0.0723 e. The minimum Gasteiger partial charge on any atom is -0.310 e. The van der Waals surface area contributed by atoms with Gasteiger partial charge in [0, 0.05) is 46.3 Å². The van der Waals surface area contributed by atoms with Gasteiger partial charge < -0.3 is 9.80 Å². The van der Waals surface area contributed by atoms with Crippen molar-refractivity contribution in [1.82, 2.24) is 9.97 Å². The molecule has 0 saturated heterocycles. The molecule has 0 aliphatic rings. The van der Waals surface area contributed by atoms with Crippen LogP contribution in [0.4, 0.5) is 34.1 Å². The molecule has 0 N–H and O–H groups in total. The Labute approximate surface area is 398 Å². The van der Waals surface area contributed by atoms with Gasteiger partial charge in [0.1, 0.15) is 0 Å². The van der Waals surface area contributed by atoms with Gasteiger partial charge in [-0.3, -0.25) is 9.97 Å². The number of anilines is 6. The van der Waals surface area contributed by atoms with Crippen LogP contribution in [0, 0.1) is 0 Å². The van der Waals surface area contributed by atoms with E-state index >= 15 is 0 Å². The van der Waals surface area contributed by atoms with Gasteiger partial charge in [-0.2, -0.15) is 0 Å². The molecule has 322 valence electrons. The molecule has 0 bridgehead atoms. The fourth-order valence-electron chi connectivity index (χ4n) is 9.00. The molecule has 4 heteroatoms. The number of hydrogen-bond acceptors (Lipinski definition) is 4. The van der Waals surface area contributed by atoms with Gasteiger partial charge in [0.05, 0.1) is 22.8 Å². The van der Waals surface area contributed by atoms with E-state index in [0.29, 0.717) is 0 Å². The second kappa shape index (κ2) is 19.2. The normalized spacial score (nSPS) is 10.9. The van der Waals surface area contributed by atoms with E-state index in [1.807, 2.05) is 30.6 Å². The number of rotatable bonds is 12. The number of hydrogen-bond donors (Lipinski definition) is 0. The molecule has 0 aliphatic heterocycles. The summed E-state index contributed by atoms with van der Waals surface area (Å²) in [6.07, 6.45) is 3.72. The fourth-order valence-corrected chi connectivity index (χ4v) is 9.00. The lowest BCUT2D eigenvalue weighted by Crippen LogP contribution is -2.11. The molecule has 2 heterocycles. The molecule has 11 rings (SSSR count). The maximum atomic E-state index is 4.88. The highest BCUT2D eigenvalue weighted by atomic mass is 15.2. The fraction of sp³-hybridized carbons (Fsp3) is 0. The van der Waals surface area contributed by atoms with Gasteiger partial charge in [-0.05, 0) is 136 Å². The minimum absolute atomic E-state index is 0.909. The monoisotopic (exact) mass is 870 g/mol. The first-order valence-corrected chi connectivity index (χ1v) is 23.0. The molecular formula is C64H46N4. The molecule has 11 aromatic rings. The van der Waals surface area contributed by atoms with Gasteiger partial charge >= 0.3 is 0 Å². The Hall–Kier alpha value is -9.12. The summed E-state index contributed by atoms with van der Waals surface area (Å²) in [6, 6.07) is 94.5. The van der Waals surface area contributed by atoms with E-state index in [-0.39, 0.29) is 0 Å². The molecule has 0 amide bonds. The Morgan fingerprint density at radius 1 is 0.221 bits per heavy atom. The van der Waals surface area contributed by atoms with E-state index in [0.717, 1.165) is 78.9 Å². The van der Waals surface area contributed by atoms with Crippen LogP contribution in [0.1, 0.15) is 0 Å². The zero-order chi connectivity index (χ0) is 45.5. The largest absolute Gasteiger partial charge is 0.310 e. The molecule has 0 aliphatic carbocycles. The zero-order valence-electron chi connectivity index (χ0n) is 37.3. The van der Waals surface area contributed by atoms with Gasteiger partial charge in [-0.25, -0.2) is 0 Å². The van der Waals surface area contributed by atoms with Crippen molar-refractivity contribution in [3.05, 3.63) is 279 Å². The number of para-hydroxylation sites is 1. The average molecular weight is 871 g/mol. The van der Waals surface area contributed by atoms with Crippen molar-refractivity contribution < 1.29 is 0 Å². The zero-order valence-corrected chi connectivity index (χ0v) is 37.3. The Morgan fingerprint density at radius 2 is 0.529 bits per heavy atom. The molecule has 2 aromatic heterocycles. The SMILES string of the molecule is c1ccc(-c2ccc(N(c3ccc(-c4ccc(N(c5ccc(-c6ccccc6)cc5)c5ccc(-c6ccccc6)cc5-c5ccccn5)cc4)cc3)c3ccccc3-c3ccccn3)cc2)cc1. The molecule has 0 atom stereocenters. The summed E-state index contributed by atoms with van der Waals surface area (Å²) in [5.41, 5.74) is 19.5. The summed E-state index contributed by atoms with van der Waals surface area (Å²) in [5, 5.41) is 0. The highest BCUT2D eigenvalue weighted by Gasteiger charge is 2.21. The molecule has 9 aromatic carbocycles. The predicted molar refractivity (Wildman–Crippen MR) is 284 cm³/mol. The second-order valence-corrected chi connectivity index (χ2v) is 16.6. The molecular weight excluding hydrogens is 825 g/mol. The topological polar surface area (TPSA) is 32.3 Å². The second-order valence-electron chi connectivity index (χ2n) is 16.6. The van der Waals surface area contributed by atoms with Crippen LogP contribution in [-0.2, 0) is 0 Å². The van der Waals surface area contributed by atoms with E-state index in [1.165, 1.54) is 22.3 Å². The van der Waals surface area contributed by atoms with Crippen LogP contribution in [-0.4, -0.2) is 9.97 Å². The third-order valence-corrected chi connectivity index (χ3v) is 12.4. The summed E-state index contributed by atoms with van der Waals surface area (Å²) in [4.78, 5) is 14.3. The van der Waals surface area contributed by atoms with Crippen molar-refractivity contribution in [1.29, 1.82) is 0 Å².